The van der Waals surface area contributed by atoms with Crippen molar-refractivity contribution in [2.24, 2.45) is 0 Å². The summed E-state index contributed by atoms with van der Waals surface area (Å²) in [4.78, 5) is 10.1. The molecule has 1 aromatic carbocycles. The summed E-state index contributed by atoms with van der Waals surface area (Å²) in [5.74, 6) is -0.652. The fourth-order valence-electron chi connectivity index (χ4n) is 1.14. The standard InChI is InChI=1S/C10H12O4/c1-6-3-8(14-5-9(11)12)4-7(2)10(6)13/h3-4,13H,5H2,1-2H3,(H,11,12)/p-1. The molecule has 0 aliphatic heterocycles. The number of carboxylic acid groups (broad SMARTS) is 1. The van der Waals surface area contributed by atoms with Crippen LogP contribution in [0.5, 0.6) is 11.5 Å². The number of hydrogen-bond acceptors (Lipinski definition) is 4. The molecule has 4 heteroatoms. The molecule has 0 radical (unpaired) electrons. The van der Waals surface area contributed by atoms with Crippen molar-refractivity contribution in [1.29, 1.82) is 0 Å². The van der Waals surface area contributed by atoms with Crippen molar-refractivity contribution < 1.29 is 19.7 Å². The summed E-state index contributed by atoms with van der Waals surface area (Å²) in [6.07, 6.45) is 0. The Hall–Kier alpha value is -1.71. The van der Waals surface area contributed by atoms with E-state index in [0.29, 0.717) is 16.9 Å². The average Bonchev–Trinajstić information content (AvgIpc) is 2.10. The largest absolute Gasteiger partial charge is 0.546 e. The number of aliphatic carboxylic acids is 1. The highest BCUT2D eigenvalue weighted by atomic mass is 16.5. The normalized spacial score (nSPS) is 9.86. The Kier molecular flexibility index (Phi) is 2.96. The second kappa shape index (κ2) is 4.00. The lowest BCUT2D eigenvalue weighted by Gasteiger charge is -2.10. The molecule has 0 heterocycles. The van der Waals surface area contributed by atoms with Gasteiger partial charge in [0.2, 0.25) is 0 Å². The van der Waals surface area contributed by atoms with Gasteiger partial charge in [0.15, 0.2) is 0 Å². The number of hydrogen-bond donors (Lipinski definition) is 1. The molecule has 14 heavy (non-hydrogen) atoms. The average molecular weight is 195 g/mol. The number of carbonyl (C=O) groups is 1. The Balaban J connectivity index is 2.84. The van der Waals surface area contributed by atoms with Gasteiger partial charge in [0.1, 0.15) is 18.1 Å². The molecule has 0 spiro atoms. The minimum Gasteiger partial charge on any atom is -0.546 e. The molecular weight excluding hydrogens is 184 g/mol. The van der Waals surface area contributed by atoms with Crippen molar-refractivity contribution in [3.63, 3.8) is 0 Å². The lowest BCUT2D eigenvalue weighted by Crippen LogP contribution is -2.28. The highest BCUT2D eigenvalue weighted by Gasteiger charge is 2.03. The molecule has 1 aromatic rings. The van der Waals surface area contributed by atoms with Crippen LogP contribution in [0.4, 0.5) is 0 Å². The summed E-state index contributed by atoms with van der Waals surface area (Å²) in [5.41, 5.74) is 1.30. The summed E-state index contributed by atoms with van der Waals surface area (Å²) in [6, 6.07) is 3.15. The van der Waals surface area contributed by atoms with Crippen LogP contribution in [0.15, 0.2) is 12.1 Å². The molecule has 1 N–H and O–H groups in total. The Labute approximate surface area is 81.8 Å². The topological polar surface area (TPSA) is 69.6 Å². The van der Waals surface area contributed by atoms with Crippen LogP contribution in [0.3, 0.4) is 0 Å². The van der Waals surface area contributed by atoms with E-state index in [4.69, 9.17) is 4.74 Å². The van der Waals surface area contributed by atoms with Crippen LogP contribution < -0.4 is 9.84 Å². The first kappa shape index (κ1) is 10.4. The predicted molar refractivity (Wildman–Crippen MR) is 48.1 cm³/mol. The maximum atomic E-state index is 10.1. The Bertz CT molecular complexity index is 334. The first-order chi connectivity index (χ1) is 6.50. The van der Waals surface area contributed by atoms with Gasteiger partial charge in [-0.25, -0.2) is 0 Å². The summed E-state index contributed by atoms with van der Waals surface area (Å²) in [7, 11) is 0. The van der Waals surface area contributed by atoms with Gasteiger partial charge in [0, 0.05) is 0 Å². The first-order valence-corrected chi connectivity index (χ1v) is 4.13. The van der Waals surface area contributed by atoms with Crippen LogP contribution in [0.25, 0.3) is 0 Å². The summed E-state index contributed by atoms with van der Waals surface area (Å²) >= 11 is 0. The van der Waals surface area contributed by atoms with Gasteiger partial charge in [-0.15, -0.1) is 0 Å². The zero-order chi connectivity index (χ0) is 10.7. The molecule has 0 aliphatic rings. The van der Waals surface area contributed by atoms with Crippen molar-refractivity contribution in [3.05, 3.63) is 23.3 Å². The second-order valence-corrected chi connectivity index (χ2v) is 3.07. The highest BCUT2D eigenvalue weighted by Crippen LogP contribution is 2.26. The number of carbonyl (C=O) groups excluding carboxylic acids is 1. The van der Waals surface area contributed by atoms with E-state index in [1.807, 2.05) is 0 Å². The second-order valence-electron chi connectivity index (χ2n) is 3.07. The van der Waals surface area contributed by atoms with Gasteiger partial charge in [0.05, 0.1) is 5.97 Å². The van der Waals surface area contributed by atoms with Crippen LogP contribution in [-0.4, -0.2) is 17.7 Å². The fraction of sp³-hybridized carbons (Fsp3) is 0.300. The number of phenols is 1. The molecular formula is C10H11O4-. The van der Waals surface area contributed by atoms with E-state index in [1.165, 1.54) is 0 Å². The summed E-state index contributed by atoms with van der Waals surface area (Å²) in [6.45, 7) is 2.95. The molecule has 76 valence electrons. The van der Waals surface area contributed by atoms with Crippen LogP contribution in [0.2, 0.25) is 0 Å². The van der Waals surface area contributed by atoms with E-state index < -0.39 is 12.6 Å². The van der Waals surface area contributed by atoms with Crippen LogP contribution in [-0.2, 0) is 4.79 Å². The van der Waals surface area contributed by atoms with Crippen LogP contribution in [0.1, 0.15) is 11.1 Å². The Morgan fingerprint density at radius 2 is 1.93 bits per heavy atom. The van der Waals surface area contributed by atoms with E-state index in [1.54, 1.807) is 26.0 Å². The quantitative estimate of drug-likeness (QED) is 0.744. The minimum atomic E-state index is -1.27. The molecule has 0 aliphatic carbocycles. The molecule has 0 amide bonds. The number of aryl methyl sites for hydroxylation is 2. The number of phenolic OH excluding ortho intramolecular Hbond substituents is 1. The summed E-state index contributed by atoms with van der Waals surface area (Å²) < 4.78 is 4.91. The molecule has 0 saturated carbocycles. The number of ether oxygens (including phenoxy) is 1. The van der Waals surface area contributed by atoms with Crippen molar-refractivity contribution >= 4 is 5.97 Å². The van der Waals surface area contributed by atoms with Crippen LogP contribution in [0, 0.1) is 13.8 Å². The lowest BCUT2D eigenvalue weighted by atomic mass is 10.1. The maximum absolute atomic E-state index is 10.1. The van der Waals surface area contributed by atoms with Gasteiger partial charge in [-0.2, -0.15) is 0 Å². The van der Waals surface area contributed by atoms with Gasteiger partial charge in [-0.1, -0.05) is 0 Å². The Morgan fingerprint density at radius 1 is 1.43 bits per heavy atom. The van der Waals surface area contributed by atoms with E-state index in [0.717, 1.165) is 0 Å². The van der Waals surface area contributed by atoms with Gasteiger partial charge in [-0.05, 0) is 37.1 Å². The molecule has 0 saturated heterocycles. The maximum Gasteiger partial charge on any atom is 0.128 e. The van der Waals surface area contributed by atoms with E-state index >= 15 is 0 Å². The minimum absolute atomic E-state index is 0.200. The summed E-state index contributed by atoms with van der Waals surface area (Å²) in [5, 5.41) is 19.5. The number of carboxylic acids is 1. The lowest BCUT2D eigenvalue weighted by molar-refractivity contribution is -0.307. The van der Waals surface area contributed by atoms with Gasteiger partial charge >= 0.3 is 0 Å². The van der Waals surface area contributed by atoms with Crippen molar-refractivity contribution in [1.82, 2.24) is 0 Å². The monoisotopic (exact) mass is 195 g/mol. The van der Waals surface area contributed by atoms with Crippen molar-refractivity contribution in [3.8, 4) is 11.5 Å². The molecule has 0 aromatic heterocycles. The molecule has 0 unspecified atom stereocenters. The van der Waals surface area contributed by atoms with E-state index in [9.17, 15) is 15.0 Å². The third-order valence-electron chi connectivity index (χ3n) is 1.82. The number of aromatic hydroxyl groups is 1. The molecule has 1 rings (SSSR count). The SMILES string of the molecule is Cc1cc(OCC(=O)[O-])cc(C)c1O. The molecule has 4 nitrogen and oxygen atoms in total. The van der Waals surface area contributed by atoms with Gasteiger partial charge in [-0.3, -0.25) is 0 Å². The fourth-order valence-corrected chi connectivity index (χ4v) is 1.14. The van der Waals surface area contributed by atoms with Gasteiger partial charge < -0.3 is 19.7 Å². The highest BCUT2D eigenvalue weighted by molar-refractivity contribution is 5.66. The first-order valence-electron chi connectivity index (χ1n) is 4.13. The van der Waals surface area contributed by atoms with Crippen molar-refractivity contribution in [2.45, 2.75) is 13.8 Å². The Morgan fingerprint density at radius 3 is 2.36 bits per heavy atom. The zero-order valence-electron chi connectivity index (χ0n) is 8.03. The smallest absolute Gasteiger partial charge is 0.128 e. The number of benzene rings is 1. The number of rotatable bonds is 3. The van der Waals surface area contributed by atoms with Crippen molar-refractivity contribution in [2.75, 3.05) is 6.61 Å². The van der Waals surface area contributed by atoms with Gasteiger partial charge in [0.25, 0.3) is 0 Å². The molecule has 0 fully saturated rings. The van der Waals surface area contributed by atoms with E-state index in [-0.39, 0.29) is 5.75 Å². The predicted octanol–water partition coefficient (Wildman–Crippen LogP) is 0.138. The third-order valence-corrected chi connectivity index (χ3v) is 1.82. The van der Waals surface area contributed by atoms with E-state index in [2.05, 4.69) is 0 Å². The third kappa shape index (κ3) is 2.39. The zero-order valence-corrected chi connectivity index (χ0v) is 8.03. The molecule has 0 atom stereocenters. The molecule has 0 bridgehead atoms. The van der Waals surface area contributed by atoms with Crippen LogP contribution >= 0.6 is 0 Å².